The molecule has 0 aliphatic carbocycles. The van der Waals surface area contributed by atoms with E-state index in [2.05, 4.69) is 79.9 Å². The number of hydrogen-bond acceptors (Lipinski definition) is 7. The molecule has 0 radical (unpaired) electrons. The number of fused-ring (bicyclic) bond motifs is 3. The van der Waals surface area contributed by atoms with Crippen molar-refractivity contribution in [2.24, 2.45) is 0 Å². The second kappa shape index (κ2) is 8.47. The van der Waals surface area contributed by atoms with Crippen molar-refractivity contribution in [2.45, 2.75) is 26.3 Å². The molecule has 0 saturated carbocycles. The number of nitrogens with one attached hydrogen (secondary N) is 1. The van der Waals surface area contributed by atoms with Crippen LogP contribution in [0.5, 0.6) is 0 Å². The molecule has 2 aromatic heterocycles. The fourth-order valence-electron chi connectivity index (χ4n) is 4.51. The van der Waals surface area contributed by atoms with Gasteiger partial charge in [0.25, 0.3) is 0 Å². The first-order valence-electron chi connectivity index (χ1n) is 11.0. The molecule has 1 aliphatic heterocycles. The predicted octanol–water partition coefficient (Wildman–Crippen LogP) is 2.99. The van der Waals surface area contributed by atoms with Crippen LogP contribution < -0.4 is 10.2 Å². The van der Waals surface area contributed by atoms with E-state index in [0.29, 0.717) is 11.7 Å². The Bertz CT molecular complexity index is 1190. The van der Waals surface area contributed by atoms with Gasteiger partial charge in [0.1, 0.15) is 0 Å². The van der Waals surface area contributed by atoms with Crippen LogP contribution >= 0.6 is 0 Å². The average molecular weight is 417 g/mol. The van der Waals surface area contributed by atoms with Crippen molar-refractivity contribution in [2.75, 3.05) is 42.9 Å². The molecule has 0 spiro atoms. The molecular weight excluding hydrogens is 388 g/mol. The zero-order valence-corrected chi connectivity index (χ0v) is 18.1. The maximum absolute atomic E-state index is 4.56. The first-order valence-corrected chi connectivity index (χ1v) is 11.0. The fraction of sp³-hybridized carbons (Fsp3) is 0.391. The third-order valence-corrected chi connectivity index (χ3v) is 6.06. The third-order valence-electron chi connectivity index (χ3n) is 6.06. The van der Waals surface area contributed by atoms with Gasteiger partial charge in [-0.05, 0) is 54.9 Å². The van der Waals surface area contributed by atoms with Gasteiger partial charge in [-0.2, -0.15) is 0 Å². The van der Waals surface area contributed by atoms with Crippen molar-refractivity contribution in [1.29, 1.82) is 0 Å². The van der Waals surface area contributed by atoms with Gasteiger partial charge in [-0.1, -0.05) is 36.4 Å². The van der Waals surface area contributed by atoms with Crippen molar-refractivity contribution in [3.05, 3.63) is 54.1 Å². The van der Waals surface area contributed by atoms with E-state index in [1.165, 1.54) is 15.9 Å². The molecule has 4 aromatic rings. The SMILES string of the molecule is Cc1cccc(N2CCN(CCCNc3nn4nnnc4c4ccccc34)C[C@H]2C)c1. The van der Waals surface area contributed by atoms with Gasteiger partial charge < -0.3 is 10.2 Å². The Balaban J connectivity index is 1.17. The van der Waals surface area contributed by atoms with Crippen LogP contribution in [0.3, 0.4) is 0 Å². The van der Waals surface area contributed by atoms with E-state index in [1.807, 2.05) is 18.2 Å². The number of rotatable bonds is 6. The lowest BCUT2D eigenvalue weighted by molar-refractivity contribution is 0.228. The highest BCUT2D eigenvalue weighted by Crippen LogP contribution is 2.24. The maximum Gasteiger partial charge on any atom is 0.207 e. The fourth-order valence-corrected chi connectivity index (χ4v) is 4.51. The van der Waals surface area contributed by atoms with Crippen LogP contribution in [-0.4, -0.2) is 68.9 Å². The van der Waals surface area contributed by atoms with E-state index in [0.717, 1.165) is 55.7 Å². The molecule has 5 rings (SSSR count). The summed E-state index contributed by atoms with van der Waals surface area (Å²) in [5.74, 6) is 0.827. The van der Waals surface area contributed by atoms with Crippen molar-refractivity contribution >= 4 is 27.9 Å². The van der Waals surface area contributed by atoms with E-state index in [1.54, 1.807) is 0 Å². The molecular formula is C23H28N8. The number of hydrogen-bond donors (Lipinski definition) is 1. The first-order chi connectivity index (χ1) is 15.2. The number of nitrogens with zero attached hydrogens (tertiary/aromatic N) is 7. The molecule has 0 amide bonds. The highest BCUT2D eigenvalue weighted by molar-refractivity contribution is 5.99. The molecule has 31 heavy (non-hydrogen) atoms. The summed E-state index contributed by atoms with van der Waals surface area (Å²) in [5.41, 5.74) is 3.34. The quantitative estimate of drug-likeness (QED) is 0.484. The van der Waals surface area contributed by atoms with Crippen molar-refractivity contribution in [3.8, 4) is 0 Å². The van der Waals surface area contributed by atoms with Crippen LogP contribution in [-0.2, 0) is 0 Å². The lowest BCUT2D eigenvalue weighted by Crippen LogP contribution is -2.52. The summed E-state index contributed by atoms with van der Waals surface area (Å²) < 4.78 is 1.50. The minimum Gasteiger partial charge on any atom is -0.368 e. The van der Waals surface area contributed by atoms with Gasteiger partial charge in [-0.15, -0.1) is 14.8 Å². The van der Waals surface area contributed by atoms with Gasteiger partial charge in [-0.25, -0.2) is 0 Å². The molecule has 1 fully saturated rings. The van der Waals surface area contributed by atoms with Gasteiger partial charge in [0, 0.05) is 48.7 Å². The number of benzene rings is 2. The standard InChI is InChI=1S/C23H28N8/c1-17-7-5-8-19(15-17)30-14-13-29(16-18(30)2)12-6-11-24-22-20-9-3-4-10-21(20)23-25-27-28-31(23)26-22/h3-5,7-10,15,18H,6,11-14,16H2,1-2H3,(H,24,26)/t18-/m1/s1. The number of aryl methyl sites for hydroxylation is 1. The lowest BCUT2D eigenvalue weighted by Gasteiger charge is -2.41. The van der Waals surface area contributed by atoms with Crippen molar-refractivity contribution in [3.63, 3.8) is 0 Å². The molecule has 2 aromatic carbocycles. The summed E-state index contributed by atoms with van der Waals surface area (Å²) >= 11 is 0. The third kappa shape index (κ3) is 4.03. The van der Waals surface area contributed by atoms with Crippen LogP contribution in [0.25, 0.3) is 16.4 Å². The topological polar surface area (TPSA) is 74.5 Å². The van der Waals surface area contributed by atoms with Gasteiger partial charge in [0.2, 0.25) is 5.65 Å². The molecule has 3 heterocycles. The number of tetrazole rings is 1. The monoisotopic (exact) mass is 416 g/mol. The predicted molar refractivity (Wildman–Crippen MR) is 124 cm³/mol. The first kappa shape index (κ1) is 19.7. The molecule has 1 N–H and O–H groups in total. The molecule has 8 heteroatoms. The number of piperazine rings is 1. The van der Waals surface area contributed by atoms with E-state index in [9.17, 15) is 0 Å². The molecule has 8 nitrogen and oxygen atoms in total. The van der Waals surface area contributed by atoms with E-state index in [4.69, 9.17) is 0 Å². The van der Waals surface area contributed by atoms with Gasteiger partial charge >= 0.3 is 0 Å². The Morgan fingerprint density at radius 2 is 1.94 bits per heavy atom. The normalized spacial score (nSPS) is 17.5. The highest BCUT2D eigenvalue weighted by atomic mass is 15.6. The van der Waals surface area contributed by atoms with Gasteiger partial charge in [-0.3, -0.25) is 4.90 Å². The Morgan fingerprint density at radius 3 is 2.77 bits per heavy atom. The van der Waals surface area contributed by atoms with Crippen molar-refractivity contribution in [1.82, 2.24) is 30.2 Å². The summed E-state index contributed by atoms with van der Waals surface area (Å²) in [7, 11) is 0. The van der Waals surface area contributed by atoms with Crippen LogP contribution in [0, 0.1) is 6.92 Å². The van der Waals surface area contributed by atoms with Crippen molar-refractivity contribution < 1.29 is 0 Å². The summed E-state index contributed by atoms with van der Waals surface area (Å²) in [4.78, 5) is 5.09. The maximum atomic E-state index is 4.56. The number of aromatic nitrogens is 5. The summed E-state index contributed by atoms with van der Waals surface area (Å²) in [6.07, 6.45) is 1.06. The zero-order chi connectivity index (χ0) is 21.2. The second-order valence-electron chi connectivity index (χ2n) is 8.35. The molecule has 1 aliphatic rings. The second-order valence-corrected chi connectivity index (χ2v) is 8.35. The Morgan fingerprint density at radius 1 is 1.06 bits per heavy atom. The molecule has 0 bridgehead atoms. The highest BCUT2D eigenvalue weighted by Gasteiger charge is 2.23. The van der Waals surface area contributed by atoms with E-state index < -0.39 is 0 Å². The number of anilines is 2. The summed E-state index contributed by atoms with van der Waals surface area (Å²) in [5, 5.41) is 21.9. The van der Waals surface area contributed by atoms with Crippen LogP contribution in [0.1, 0.15) is 18.9 Å². The van der Waals surface area contributed by atoms with E-state index in [-0.39, 0.29) is 0 Å². The smallest absolute Gasteiger partial charge is 0.207 e. The lowest BCUT2D eigenvalue weighted by atomic mass is 10.1. The molecule has 160 valence electrons. The molecule has 1 saturated heterocycles. The van der Waals surface area contributed by atoms with Crippen LogP contribution in [0.2, 0.25) is 0 Å². The summed E-state index contributed by atoms with van der Waals surface area (Å²) in [6, 6.07) is 17.4. The van der Waals surface area contributed by atoms with Gasteiger partial charge in [0.05, 0.1) is 0 Å². The van der Waals surface area contributed by atoms with Crippen LogP contribution in [0.4, 0.5) is 11.5 Å². The van der Waals surface area contributed by atoms with E-state index >= 15 is 0 Å². The summed E-state index contributed by atoms with van der Waals surface area (Å²) in [6.45, 7) is 9.67. The minimum absolute atomic E-state index is 0.511. The molecule has 0 unspecified atom stereocenters. The minimum atomic E-state index is 0.511. The zero-order valence-electron chi connectivity index (χ0n) is 18.1. The Kier molecular flexibility index (Phi) is 5.38. The molecule has 1 atom stereocenters. The Hall–Kier alpha value is -3.26. The largest absolute Gasteiger partial charge is 0.368 e. The van der Waals surface area contributed by atoms with Crippen LogP contribution in [0.15, 0.2) is 48.5 Å². The van der Waals surface area contributed by atoms with Gasteiger partial charge in [0.15, 0.2) is 5.82 Å². The average Bonchev–Trinajstić information content (AvgIpc) is 3.25. The Labute approximate surface area is 181 Å².